The highest BCUT2D eigenvalue weighted by molar-refractivity contribution is 6.30. The molecule has 1 aromatic rings. The van der Waals surface area contributed by atoms with E-state index in [9.17, 15) is 4.79 Å². The Morgan fingerprint density at radius 2 is 1.81 bits per heavy atom. The van der Waals surface area contributed by atoms with Crippen molar-refractivity contribution < 1.29 is 14.3 Å². The molecule has 1 saturated heterocycles. The lowest BCUT2D eigenvalue weighted by Gasteiger charge is -2.40. The van der Waals surface area contributed by atoms with Crippen LogP contribution in [0.1, 0.15) is 32.3 Å². The van der Waals surface area contributed by atoms with E-state index in [1.807, 2.05) is 38.1 Å². The van der Waals surface area contributed by atoms with Gasteiger partial charge in [-0.2, -0.15) is 0 Å². The fourth-order valence-corrected chi connectivity index (χ4v) is 3.36. The van der Waals surface area contributed by atoms with E-state index in [-0.39, 0.29) is 5.92 Å². The Labute approximate surface area is 130 Å². The lowest BCUT2D eigenvalue weighted by molar-refractivity contribution is -0.278. The van der Waals surface area contributed by atoms with Crippen LogP contribution in [0, 0.1) is 11.3 Å². The topological polar surface area (TPSA) is 35.5 Å². The fraction of sp³-hybridized carbons (Fsp3) is 0.588. The Balaban J connectivity index is 1.68. The summed E-state index contributed by atoms with van der Waals surface area (Å²) < 4.78 is 11.5. The van der Waals surface area contributed by atoms with Gasteiger partial charge in [-0.15, -0.1) is 0 Å². The van der Waals surface area contributed by atoms with Crippen LogP contribution in [0.15, 0.2) is 24.3 Å². The van der Waals surface area contributed by atoms with Crippen molar-refractivity contribution in [3.05, 3.63) is 34.9 Å². The largest absolute Gasteiger partial charge is 0.349 e. The highest BCUT2D eigenvalue weighted by atomic mass is 35.5. The van der Waals surface area contributed by atoms with Gasteiger partial charge in [-0.1, -0.05) is 23.7 Å². The molecule has 4 heteroatoms. The summed E-state index contributed by atoms with van der Waals surface area (Å²) in [5, 5.41) is 0.726. The summed E-state index contributed by atoms with van der Waals surface area (Å²) in [7, 11) is 0. The van der Waals surface area contributed by atoms with E-state index in [0.29, 0.717) is 19.0 Å². The predicted molar refractivity (Wildman–Crippen MR) is 81.3 cm³/mol. The third-order valence-corrected chi connectivity index (χ3v) is 4.90. The normalized spacial score (nSPS) is 27.2. The molecule has 0 N–H and O–H groups in total. The number of carbonyl (C=O) groups excluding carboxylic acids is 1. The second-order valence-corrected chi connectivity index (χ2v) is 7.12. The van der Waals surface area contributed by atoms with Gasteiger partial charge in [0.25, 0.3) is 0 Å². The Morgan fingerprint density at radius 1 is 1.19 bits per heavy atom. The molecule has 3 rings (SSSR count). The molecule has 21 heavy (non-hydrogen) atoms. The van der Waals surface area contributed by atoms with Crippen molar-refractivity contribution in [1.82, 2.24) is 0 Å². The number of ether oxygens (including phenoxy) is 2. The number of rotatable bonds is 2. The number of hydrogen-bond acceptors (Lipinski definition) is 3. The summed E-state index contributed by atoms with van der Waals surface area (Å²) in [6.07, 6.45) is 2.55. The maximum atomic E-state index is 12.8. The number of carbonyl (C=O) groups is 1. The van der Waals surface area contributed by atoms with Crippen LogP contribution >= 0.6 is 11.6 Å². The van der Waals surface area contributed by atoms with Gasteiger partial charge in [0.05, 0.1) is 18.6 Å². The zero-order valence-electron chi connectivity index (χ0n) is 12.5. The average molecular weight is 309 g/mol. The molecule has 0 amide bonds. The molecule has 0 radical (unpaired) electrons. The number of hydrogen-bond donors (Lipinski definition) is 0. The van der Waals surface area contributed by atoms with Gasteiger partial charge < -0.3 is 9.47 Å². The molecule has 3 nitrogen and oxygen atoms in total. The van der Waals surface area contributed by atoms with Crippen molar-refractivity contribution in [3.8, 4) is 0 Å². The minimum absolute atomic E-state index is 0.0691. The summed E-state index contributed by atoms with van der Waals surface area (Å²) >= 11 is 5.90. The van der Waals surface area contributed by atoms with Crippen LogP contribution in [0.25, 0.3) is 0 Å². The molecule has 1 aliphatic carbocycles. The molecule has 1 aromatic carbocycles. The third kappa shape index (κ3) is 3.01. The fourth-order valence-electron chi connectivity index (χ4n) is 3.23. The molecule has 1 saturated carbocycles. The number of benzene rings is 1. The smallest absolute Gasteiger partial charge is 0.162 e. The lowest BCUT2D eigenvalue weighted by Crippen LogP contribution is -2.49. The van der Waals surface area contributed by atoms with Gasteiger partial charge in [0.2, 0.25) is 0 Å². The van der Waals surface area contributed by atoms with Crippen molar-refractivity contribution in [2.45, 2.75) is 38.9 Å². The highest BCUT2D eigenvalue weighted by Gasteiger charge is 2.51. The van der Waals surface area contributed by atoms with Crippen LogP contribution in [0.4, 0.5) is 0 Å². The van der Waals surface area contributed by atoms with Crippen LogP contribution in [0.3, 0.4) is 0 Å². The van der Waals surface area contributed by atoms with Gasteiger partial charge >= 0.3 is 0 Å². The van der Waals surface area contributed by atoms with Crippen molar-refractivity contribution >= 4 is 17.4 Å². The summed E-state index contributed by atoms with van der Waals surface area (Å²) in [5.41, 5.74) is 0.736. The van der Waals surface area contributed by atoms with Crippen LogP contribution < -0.4 is 0 Å². The Kier molecular flexibility index (Phi) is 3.85. The number of Topliss-reactive ketones (excluding diaryl/α,β-unsaturated/α-hetero) is 1. The summed E-state index contributed by atoms with van der Waals surface area (Å²) in [6.45, 7) is 4.75. The van der Waals surface area contributed by atoms with Gasteiger partial charge in [-0.3, -0.25) is 4.79 Å². The summed E-state index contributed by atoms with van der Waals surface area (Å²) in [5.74, 6) is -0.202. The zero-order valence-corrected chi connectivity index (χ0v) is 13.3. The minimum Gasteiger partial charge on any atom is -0.349 e. The number of halogens is 1. The average Bonchev–Trinajstić information content (AvgIpc) is 2.75. The first kappa shape index (κ1) is 15.0. The molecule has 2 aliphatic rings. The van der Waals surface area contributed by atoms with E-state index >= 15 is 0 Å². The SMILES string of the molecule is CC1(C)OCC2(CCC(Cc3ccc(Cl)cc3)C2=O)CO1. The quantitative estimate of drug-likeness (QED) is 0.837. The lowest BCUT2D eigenvalue weighted by atomic mass is 9.83. The summed E-state index contributed by atoms with van der Waals surface area (Å²) in [4.78, 5) is 12.8. The van der Waals surface area contributed by atoms with Gasteiger partial charge in [-0.05, 0) is 50.8 Å². The van der Waals surface area contributed by atoms with Crippen LogP contribution in [0.5, 0.6) is 0 Å². The van der Waals surface area contributed by atoms with Crippen molar-refractivity contribution in [2.24, 2.45) is 11.3 Å². The number of ketones is 1. The molecule has 1 heterocycles. The molecule has 1 unspecified atom stereocenters. The van der Waals surface area contributed by atoms with E-state index in [2.05, 4.69) is 0 Å². The van der Waals surface area contributed by atoms with Gasteiger partial charge in [-0.25, -0.2) is 0 Å². The first-order valence-corrected chi connectivity index (χ1v) is 7.85. The molecule has 1 atom stereocenters. The van der Waals surface area contributed by atoms with Crippen LogP contribution in [-0.2, 0) is 20.7 Å². The van der Waals surface area contributed by atoms with E-state index in [4.69, 9.17) is 21.1 Å². The molecule has 2 fully saturated rings. The Morgan fingerprint density at radius 3 is 2.43 bits per heavy atom. The second-order valence-electron chi connectivity index (χ2n) is 6.69. The Bertz CT molecular complexity index is 525. The van der Waals surface area contributed by atoms with E-state index in [0.717, 1.165) is 29.8 Å². The molecular formula is C17H21ClO3. The Hall–Kier alpha value is -0.900. The first-order valence-electron chi connectivity index (χ1n) is 7.47. The summed E-state index contributed by atoms with van der Waals surface area (Å²) in [6, 6.07) is 7.75. The van der Waals surface area contributed by atoms with Crippen molar-refractivity contribution in [2.75, 3.05) is 13.2 Å². The van der Waals surface area contributed by atoms with Crippen molar-refractivity contribution in [3.63, 3.8) is 0 Å². The van der Waals surface area contributed by atoms with Gasteiger partial charge in [0, 0.05) is 10.9 Å². The maximum absolute atomic E-state index is 12.8. The molecule has 0 aromatic heterocycles. The monoisotopic (exact) mass is 308 g/mol. The van der Waals surface area contributed by atoms with Gasteiger partial charge in [0.15, 0.2) is 5.79 Å². The standard InChI is InChI=1S/C17H21ClO3/c1-16(2)20-10-17(11-21-16)8-7-13(15(17)19)9-12-3-5-14(18)6-4-12/h3-6,13H,7-11H2,1-2H3. The zero-order chi connectivity index (χ0) is 15.1. The second kappa shape index (κ2) is 5.38. The van der Waals surface area contributed by atoms with Crippen molar-refractivity contribution in [1.29, 1.82) is 0 Å². The van der Waals surface area contributed by atoms with E-state index in [1.165, 1.54) is 0 Å². The van der Waals surface area contributed by atoms with E-state index in [1.54, 1.807) is 0 Å². The van der Waals surface area contributed by atoms with Gasteiger partial charge in [0.1, 0.15) is 5.78 Å². The molecule has 114 valence electrons. The third-order valence-electron chi connectivity index (χ3n) is 4.65. The molecule has 1 aliphatic heterocycles. The molecule has 0 bridgehead atoms. The predicted octanol–water partition coefficient (Wildman–Crippen LogP) is 3.63. The van der Waals surface area contributed by atoms with Crippen LogP contribution in [-0.4, -0.2) is 24.8 Å². The minimum atomic E-state index is -0.570. The van der Waals surface area contributed by atoms with E-state index < -0.39 is 11.2 Å². The molecular weight excluding hydrogens is 288 g/mol. The first-order chi connectivity index (χ1) is 9.90. The van der Waals surface area contributed by atoms with Crippen LogP contribution in [0.2, 0.25) is 5.02 Å². The highest BCUT2D eigenvalue weighted by Crippen LogP contribution is 2.44. The molecule has 1 spiro atoms. The maximum Gasteiger partial charge on any atom is 0.162 e.